The van der Waals surface area contributed by atoms with Crippen molar-refractivity contribution < 1.29 is 0 Å². The lowest BCUT2D eigenvalue weighted by atomic mass is 9.82. The van der Waals surface area contributed by atoms with Gasteiger partial charge in [0.2, 0.25) is 0 Å². The Bertz CT molecular complexity index is 459. The average Bonchev–Trinajstić information content (AvgIpc) is 2.36. The summed E-state index contributed by atoms with van der Waals surface area (Å²) in [5.74, 6) is 2.43. The number of hydrogen-bond acceptors (Lipinski definition) is 3. The molecular weight excluding hydrogens is 254 g/mol. The third kappa shape index (κ3) is 3.66. The fourth-order valence-electron chi connectivity index (χ4n) is 2.99. The Kier molecular flexibility index (Phi) is 4.75. The van der Waals surface area contributed by atoms with E-state index >= 15 is 0 Å². The summed E-state index contributed by atoms with van der Waals surface area (Å²) in [6.45, 7) is 5.33. The molecule has 1 aromatic heterocycles. The molecule has 104 valence electrons. The fraction of sp³-hybridized carbons (Fsp3) is 0.600. The van der Waals surface area contributed by atoms with Crippen molar-refractivity contribution in [1.82, 2.24) is 4.98 Å². The molecule has 0 spiro atoms. The lowest BCUT2D eigenvalue weighted by molar-refractivity contribution is 0.293. The van der Waals surface area contributed by atoms with Crippen molar-refractivity contribution in [3.05, 3.63) is 23.4 Å². The van der Waals surface area contributed by atoms with E-state index in [0.29, 0.717) is 4.99 Å². The van der Waals surface area contributed by atoms with Crippen LogP contribution in [0.15, 0.2) is 12.3 Å². The number of pyridine rings is 1. The van der Waals surface area contributed by atoms with Gasteiger partial charge in [-0.1, -0.05) is 32.0 Å². The van der Waals surface area contributed by atoms with Crippen LogP contribution in [0, 0.1) is 18.8 Å². The zero-order valence-corrected chi connectivity index (χ0v) is 12.6. The van der Waals surface area contributed by atoms with E-state index in [1.54, 1.807) is 0 Å². The molecule has 1 saturated carbocycles. The molecule has 2 rings (SSSR count). The predicted molar refractivity (Wildman–Crippen MR) is 84.5 cm³/mol. The molecular formula is C15H23N3S. The van der Waals surface area contributed by atoms with E-state index in [-0.39, 0.29) is 0 Å². The SMILES string of the molecule is Cc1ccnc(NCC2CCCC(C)C2)c1C(N)=S. The van der Waals surface area contributed by atoms with Gasteiger partial charge in [0, 0.05) is 12.7 Å². The molecule has 2 unspecified atom stereocenters. The Labute approximate surface area is 121 Å². The molecule has 4 heteroatoms. The van der Waals surface area contributed by atoms with Crippen molar-refractivity contribution in [2.45, 2.75) is 39.5 Å². The lowest BCUT2D eigenvalue weighted by Gasteiger charge is -2.27. The second-order valence-corrected chi connectivity index (χ2v) is 6.17. The summed E-state index contributed by atoms with van der Waals surface area (Å²) in [4.78, 5) is 4.81. The third-order valence-corrected chi connectivity index (χ3v) is 4.21. The molecule has 2 atom stereocenters. The second-order valence-electron chi connectivity index (χ2n) is 5.73. The van der Waals surface area contributed by atoms with E-state index in [4.69, 9.17) is 18.0 Å². The Morgan fingerprint density at radius 1 is 1.53 bits per heavy atom. The van der Waals surface area contributed by atoms with Gasteiger partial charge in [-0.25, -0.2) is 4.98 Å². The zero-order valence-electron chi connectivity index (χ0n) is 11.8. The van der Waals surface area contributed by atoms with E-state index in [1.165, 1.54) is 25.7 Å². The van der Waals surface area contributed by atoms with Gasteiger partial charge in [-0.3, -0.25) is 0 Å². The quantitative estimate of drug-likeness (QED) is 0.829. The Morgan fingerprint density at radius 2 is 2.32 bits per heavy atom. The van der Waals surface area contributed by atoms with Crippen LogP contribution in [-0.4, -0.2) is 16.5 Å². The molecule has 0 bridgehead atoms. The Hall–Kier alpha value is -1.16. The Balaban J connectivity index is 2.03. The minimum Gasteiger partial charge on any atom is -0.389 e. The van der Waals surface area contributed by atoms with Gasteiger partial charge in [-0.2, -0.15) is 0 Å². The lowest BCUT2D eigenvalue weighted by Crippen LogP contribution is -2.23. The molecule has 19 heavy (non-hydrogen) atoms. The van der Waals surface area contributed by atoms with Crippen molar-refractivity contribution in [2.75, 3.05) is 11.9 Å². The van der Waals surface area contributed by atoms with Crippen LogP contribution in [0.5, 0.6) is 0 Å². The topological polar surface area (TPSA) is 50.9 Å². The van der Waals surface area contributed by atoms with Crippen molar-refractivity contribution >= 4 is 23.0 Å². The van der Waals surface area contributed by atoms with Crippen molar-refractivity contribution in [1.29, 1.82) is 0 Å². The molecule has 0 radical (unpaired) electrons. The van der Waals surface area contributed by atoms with E-state index in [1.807, 2.05) is 19.2 Å². The highest BCUT2D eigenvalue weighted by atomic mass is 32.1. The van der Waals surface area contributed by atoms with E-state index in [2.05, 4.69) is 17.2 Å². The van der Waals surface area contributed by atoms with Crippen LogP contribution in [0.4, 0.5) is 5.82 Å². The molecule has 0 aromatic carbocycles. The van der Waals surface area contributed by atoms with Crippen molar-refractivity contribution in [3.63, 3.8) is 0 Å². The molecule has 1 aliphatic rings. The van der Waals surface area contributed by atoms with Gasteiger partial charge in [-0.15, -0.1) is 0 Å². The summed E-state index contributed by atoms with van der Waals surface area (Å²) in [6, 6.07) is 1.95. The third-order valence-electron chi connectivity index (χ3n) is 4.01. The first-order chi connectivity index (χ1) is 9.08. The smallest absolute Gasteiger partial charge is 0.136 e. The number of nitrogens with zero attached hydrogens (tertiary/aromatic N) is 1. The van der Waals surface area contributed by atoms with Crippen LogP contribution < -0.4 is 11.1 Å². The van der Waals surface area contributed by atoms with Gasteiger partial charge >= 0.3 is 0 Å². The standard InChI is InChI=1S/C15H23N3S/c1-10-4-3-5-12(8-10)9-18-15-13(14(16)19)11(2)6-7-17-15/h6-7,10,12H,3-5,8-9H2,1-2H3,(H2,16,19)(H,17,18). The highest BCUT2D eigenvalue weighted by Crippen LogP contribution is 2.29. The van der Waals surface area contributed by atoms with Crippen molar-refractivity contribution in [3.8, 4) is 0 Å². The fourth-order valence-corrected chi connectivity index (χ4v) is 3.25. The number of aryl methyl sites for hydroxylation is 1. The van der Waals surface area contributed by atoms with Crippen molar-refractivity contribution in [2.24, 2.45) is 17.6 Å². The van der Waals surface area contributed by atoms with Gasteiger partial charge in [0.1, 0.15) is 10.8 Å². The van der Waals surface area contributed by atoms with Crippen LogP contribution in [0.3, 0.4) is 0 Å². The largest absolute Gasteiger partial charge is 0.389 e. The van der Waals surface area contributed by atoms with Crippen LogP contribution in [0.2, 0.25) is 0 Å². The second kappa shape index (κ2) is 6.33. The summed E-state index contributed by atoms with van der Waals surface area (Å²) < 4.78 is 0. The Morgan fingerprint density at radius 3 is 3.00 bits per heavy atom. The normalized spacial score (nSPS) is 23.1. The number of nitrogens with two attached hydrogens (primary N) is 1. The van der Waals surface area contributed by atoms with Gasteiger partial charge in [0.15, 0.2) is 0 Å². The predicted octanol–water partition coefficient (Wildman–Crippen LogP) is 3.26. The molecule has 0 amide bonds. The summed E-state index contributed by atoms with van der Waals surface area (Å²) >= 11 is 5.12. The monoisotopic (exact) mass is 277 g/mol. The van der Waals surface area contributed by atoms with Crippen LogP contribution >= 0.6 is 12.2 Å². The number of thiocarbonyl (C=S) groups is 1. The highest BCUT2D eigenvalue weighted by Gasteiger charge is 2.19. The first kappa shape index (κ1) is 14.3. The first-order valence-electron chi connectivity index (χ1n) is 7.07. The highest BCUT2D eigenvalue weighted by molar-refractivity contribution is 7.80. The maximum atomic E-state index is 5.80. The maximum Gasteiger partial charge on any atom is 0.136 e. The molecule has 3 N–H and O–H groups in total. The molecule has 1 aromatic rings. The average molecular weight is 277 g/mol. The zero-order chi connectivity index (χ0) is 13.8. The summed E-state index contributed by atoms with van der Waals surface area (Å²) in [7, 11) is 0. The maximum absolute atomic E-state index is 5.80. The molecule has 1 aliphatic carbocycles. The minimum atomic E-state index is 0.421. The number of hydrogen-bond donors (Lipinski definition) is 2. The van der Waals surface area contributed by atoms with Gasteiger partial charge in [0.25, 0.3) is 0 Å². The first-order valence-corrected chi connectivity index (χ1v) is 7.48. The van der Waals surface area contributed by atoms with Crippen LogP contribution in [0.25, 0.3) is 0 Å². The molecule has 0 saturated heterocycles. The number of aromatic nitrogens is 1. The van der Waals surface area contributed by atoms with E-state index < -0.39 is 0 Å². The van der Waals surface area contributed by atoms with E-state index in [0.717, 1.165) is 35.3 Å². The number of nitrogens with one attached hydrogen (secondary N) is 1. The van der Waals surface area contributed by atoms with Crippen LogP contribution in [-0.2, 0) is 0 Å². The molecule has 1 fully saturated rings. The van der Waals surface area contributed by atoms with Gasteiger partial charge in [-0.05, 0) is 43.2 Å². The number of anilines is 1. The number of rotatable bonds is 4. The van der Waals surface area contributed by atoms with E-state index in [9.17, 15) is 0 Å². The minimum absolute atomic E-state index is 0.421. The molecule has 0 aliphatic heterocycles. The summed E-state index contributed by atoms with van der Waals surface area (Å²) in [5.41, 5.74) is 7.77. The van der Waals surface area contributed by atoms with Gasteiger partial charge < -0.3 is 11.1 Å². The van der Waals surface area contributed by atoms with Crippen LogP contribution in [0.1, 0.15) is 43.7 Å². The summed E-state index contributed by atoms with van der Waals surface area (Å²) in [6.07, 6.45) is 7.14. The molecule has 3 nitrogen and oxygen atoms in total. The van der Waals surface area contributed by atoms with Gasteiger partial charge in [0.05, 0.1) is 5.56 Å². The molecule has 1 heterocycles. The summed E-state index contributed by atoms with van der Waals surface area (Å²) in [5, 5.41) is 3.45.